The highest BCUT2D eigenvalue weighted by molar-refractivity contribution is 5.81. The van der Waals surface area contributed by atoms with E-state index >= 15 is 0 Å². The molecule has 1 saturated heterocycles. The quantitative estimate of drug-likeness (QED) is 0.228. The molecule has 3 aromatic heterocycles. The topological polar surface area (TPSA) is 83.7 Å². The number of aromatic nitrogens is 4. The SMILES string of the molecule is O=C(CCC(F)(F)F)Cc1cccc(-c2cnc3cc(-c4ccc(N5CCN(C(=O)CC6CCCC6)CC5)nc4)cnn23)c1. The van der Waals surface area contributed by atoms with Crippen molar-refractivity contribution in [2.45, 2.75) is 57.5 Å². The van der Waals surface area contributed by atoms with Gasteiger partial charge < -0.3 is 9.80 Å². The van der Waals surface area contributed by atoms with E-state index < -0.39 is 24.8 Å². The average Bonchev–Trinajstić information content (AvgIpc) is 3.70. The highest BCUT2D eigenvalue weighted by Gasteiger charge is 2.28. The first-order chi connectivity index (χ1) is 21.2. The minimum Gasteiger partial charge on any atom is -0.353 e. The average molecular weight is 605 g/mol. The van der Waals surface area contributed by atoms with Crippen molar-refractivity contribution in [2.24, 2.45) is 5.92 Å². The van der Waals surface area contributed by atoms with E-state index in [0.717, 1.165) is 48.7 Å². The molecular weight excluding hydrogens is 569 g/mol. The summed E-state index contributed by atoms with van der Waals surface area (Å²) in [7, 11) is 0. The lowest BCUT2D eigenvalue weighted by Gasteiger charge is -2.36. The molecule has 11 heteroatoms. The number of rotatable bonds is 9. The van der Waals surface area contributed by atoms with Crippen LogP contribution in [0.1, 0.15) is 50.5 Å². The van der Waals surface area contributed by atoms with Gasteiger partial charge in [-0.25, -0.2) is 14.5 Å². The van der Waals surface area contributed by atoms with Crippen molar-refractivity contribution < 1.29 is 22.8 Å². The van der Waals surface area contributed by atoms with Gasteiger partial charge in [0.05, 0.1) is 24.5 Å². The Labute approximate surface area is 253 Å². The Morgan fingerprint density at radius 3 is 2.39 bits per heavy atom. The van der Waals surface area contributed by atoms with Crippen LogP contribution in [-0.4, -0.2) is 68.5 Å². The van der Waals surface area contributed by atoms with Crippen LogP contribution in [0.2, 0.25) is 0 Å². The summed E-state index contributed by atoms with van der Waals surface area (Å²) in [5, 5.41) is 4.60. The van der Waals surface area contributed by atoms with Crippen LogP contribution in [0, 0.1) is 5.92 Å². The molecule has 0 unspecified atom stereocenters. The second-order valence-corrected chi connectivity index (χ2v) is 11.8. The highest BCUT2D eigenvalue weighted by atomic mass is 19.4. The van der Waals surface area contributed by atoms with Gasteiger partial charge in [-0.15, -0.1) is 0 Å². The van der Waals surface area contributed by atoms with Gasteiger partial charge in [0.25, 0.3) is 0 Å². The number of hydrogen-bond acceptors (Lipinski definition) is 6. The number of benzene rings is 1. The van der Waals surface area contributed by atoms with Crippen LogP contribution < -0.4 is 4.90 Å². The molecule has 6 rings (SSSR count). The number of hydrogen-bond donors (Lipinski definition) is 0. The van der Waals surface area contributed by atoms with E-state index in [-0.39, 0.29) is 12.3 Å². The van der Waals surface area contributed by atoms with Crippen LogP contribution in [0.5, 0.6) is 0 Å². The standard InChI is InChI=1S/C33H35F3N6O2/c34-33(35,36)11-10-28(43)17-24-6-3-7-25(16-24)29-22-38-31-19-27(21-39-42(29)31)26-8-9-30(37-20-26)40-12-14-41(15-13-40)32(44)18-23-4-1-2-5-23/h3,6-9,16,19-23H,1-2,4-5,10-15,17-18H2. The van der Waals surface area contributed by atoms with Crippen molar-refractivity contribution in [2.75, 3.05) is 31.1 Å². The zero-order valence-corrected chi connectivity index (χ0v) is 24.5. The van der Waals surface area contributed by atoms with Gasteiger partial charge >= 0.3 is 6.18 Å². The largest absolute Gasteiger partial charge is 0.389 e. The second-order valence-electron chi connectivity index (χ2n) is 11.8. The Morgan fingerprint density at radius 2 is 1.66 bits per heavy atom. The number of imidazole rings is 1. The van der Waals surface area contributed by atoms with E-state index in [1.54, 1.807) is 35.1 Å². The molecule has 8 nitrogen and oxygen atoms in total. The van der Waals surface area contributed by atoms with E-state index in [1.807, 2.05) is 35.4 Å². The molecule has 1 aromatic carbocycles. The zero-order valence-electron chi connectivity index (χ0n) is 24.5. The first kappa shape index (κ1) is 29.8. The highest BCUT2D eigenvalue weighted by Crippen LogP contribution is 2.29. The normalized spacial score (nSPS) is 16.2. The van der Waals surface area contributed by atoms with Crippen LogP contribution in [0.25, 0.3) is 28.0 Å². The van der Waals surface area contributed by atoms with Gasteiger partial charge in [0.2, 0.25) is 5.91 Å². The number of fused-ring (bicyclic) bond motifs is 1. The van der Waals surface area contributed by atoms with Crippen LogP contribution in [0.15, 0.2) is 61.1 Å². The number of amides is 1. The molecule has 230 valence electrons. The van der Waals surface area contributed by atoms with E-state index in [9.17, 15) is 22.8 Å². The van der Waals surface area contributed by atoms with Crippen LogP contribution in [0.4, 0.5) is 19.0 Å². The monoisotopic (exact) mass is 604 g/mol. The predicted octanol–water partition coefficient (Wildman–Crippen LogP) is 6.14. The molecule has 0 radical (unpaired) electrons. The Bertz CT molecular complexity index is 1620. The molecule has 1 amide bonds. The molecule has 2 fully saturated rings. The number of piperazine rings is 1. The van der Waals surface area contributed by atoms with Crippen molar-refractivity contribution in [1.29, 1.82) is 0 Å². The molecule has 2 aliphatic rings. The molecule has 44 heavy (non-hydrogen) atoms. The van der Waals surface area contributed by atoms with E-state index in [1.165, 1.54) is 25.7 Å². The fourth-order valence-electron chi connectivity index (χ4n) is 6.19. The van der Waals surface area contributed by atoms with Crippen LogP contribution >= 0.6 is 0 Å². The lowest BCUT2D eigenvalue weighted by molar-refractivity contribution is -0.143. The Morgan fingerprint density at radius 1 is 0.864 bits per heavy atom. The molecule has 0 atom stereocenters. The van der Waals surface area contributed by atoms with E-state index in [0.29, 0.717) is 29.2 Å². The molecule has 1 aliphatic carbocycles. The van der Waals surface area contributed by atoms with Gasteiger partial charge in [-0.1, -0.05) is 31.0 Å². The molecule has 4 heterocycles. The number of carbonyl (C=O) groups is 2. The van der Waals surface area contributed by atoms with E-state index in [2.05, 4.69) is 15.0 Å². The summed E-state index contributed by atoms with van der Waals surface area (Å²) in [5.74, 6) is 1.28. The molecule has 0 spiro atoms. The number of halogens is 3. The Balaban J connectivity index is 1.08. The Hall–Kier alpha value is -4.28. The first-order valence-electron chi connectivity index (χ1n) is 15.2. The number of pyridine rings is 1. The summed E-state index contributed by atoms with van der Waals surface area (Å²) in [4.78, 5) is 38.2. The van der Waals surface area contributed by atoms with Gasteiger partial charge in [-0.3, -0.25) is 9.59 Å². The maximum atomic E-state index is 12.7. The number of carbonyl (C=O) groups excluding carboxylic acids is 2. The zero-order chi connectivity index (χ0) is 30.7. The summed E-state index contributed by atoms with van der Waals surface area (Å²) in [6.45, 7) is 2.95. The van der Waals surface area contributed by atoms with Crippen molar-refractivity contribution in [3.8, 4) is 22.4 Å². The van der Waals surface area contributed by atoms with Crippen molar-refractivity contribution in [3.63, 3.8) is 0 Å². The van der Waals surface area contributed by atoms with Gasteiger partial charge in [-0.2, -0.15) is 18.3 Å². The van der Waals surface area contributed by atoms with Gasteiger partial charge in [0, 0.05) is 68.3 Å². The smallest absolute Gasteiger partial charge is 0.353 e. The minimum absolute atomic E-state index is 0.0601. The number of alkyl halides is 3. The van der Waals surface area contributed by atoms with Crippen molar-refractivity contribution >= 4 is 23.2 Å². The number of nitrogens with zero attached hydrogens (tertiary/aromatic N) is 6. The van der Waals surface area contributed by atoms with Gasteiger partial charge in [-0.05, 0) is 48.6 Å². The third-order valence-corrected chi connectivity index (χ3v) is 8.65. The molecular formula is C33H35F3N6O2. The minimum atomic E-state index is -4.34. The first-order valence-corrected chi connectivity index (χ1v) is 15.2. The maximum absolute atomic E-state index is 12.7. The molecule has 4 aromatic rings. The Kier molecular flexibility index (Phi) is 8.63. The molecule has 0 bridgehead atoms. The predicted molar refractivity (Wildman–Crippen MR) is 161 cm³/mol. The van der Waals surface area contributed by atoms with E-state index in [4.69, 9.17) is 4.98 Å². The number of ketones is 1. The summed E-state index contributed by atoms with van der Waals surface area (Å²) < 4.78 is 39.1. The molecule has 1 saturated carbocycles. The lowest BCUT2D eigenvalue weighted by Crippen LogP contribution is -2.49. The molecule has 1 aliphatic heterocycles. The summed E-state index contributed by atoms with van der Waals surface area (Å²) in [5.41, 5.74) is 4.52. The number of anilines is 1. The lowest BCUT2D eigenvalue weighted by atomic mass is 10.0. The summed E-state index contributed by atoms with van der Waals surface area (Å²) in [6.07, 6.45) is 4.77. The second kappa shape index (κ2) is 12.8. The fraction of sp³-hybridized carbons (Fsp3) is 0.424. The third kappa shape index (κ3) is 7.09. The molecule has 0 N–H and O–H groups in total. The van der Waals surface area contributed by atoms with Crippen molar-refractivity contribution in [1.82, 2.24) is 24.5 Å². The van der Waals surface area contributed by atoms with Crippen LogP contribution in [-0.2, 0) is 16.0 Å². The third-order valence-electron chi connectivity index (χ3n) is 8.65. The summed E-state index contributed by atoms with van der Waals surface area (Å²) in [6, 6.07) is 13.1. The van der Waals surface area contributed by atoms with Gasteiger partial charge in [0.1, 0.15) is 11.6 Å². The van der Waals surface area contributed by atoms with Gasteiger partial charge in [0.15, 0.2) is 5.65 Å². The fourth-order valence-corrected chi connectivity index (χ4v) is 6.19. The summed E-state index contributed by atoms with van der Waals surface area (Å²) >= 11 is 0. The van der Waals surface area contributed by atoms with Crippen LogP contribution in [0.3, 0.4) is 0 Å². The van der Waals surface area contributed by atoms with Crippen molar-refractivity contribution in [3.05, 3.63) is 66.6 Å². The number of Topliss-reactive ketones (excluding diaryl/α,β-unsaturated/α-hetero) is 1. The maximum Gasteiger partial charge on any atom is 0.389 e.